The monoisotopic (exact) mass is 375 g/mol. The second-order valence-corrected chi connectivity index (χ2v) is 6.39. The molecule has 0 unspecified atom stereocenters. The van der Waals surface area contributed by atoms with E-state index in [1.807, 2.05) is 20.1 Å². The molecule has 0 saturated carbocycles. The molecule has 1 aromatic heterocycles. The largest absolute Gasteiger partial charge is 0.482 e. The van der Waals surface area contributed by atoms with Crippen molar-refractivity contribution in [1.82, 2.24) is 9.97 Å². The fourth-order valence-corrected chi connectivity index (χ4v) is 2.89. The maximum atomic E-state index is 12.2. The number of rotatable bonds is 8. The summed E-state index contributed by atoms with van der Waals surface area (Å²) < 4.78 is 5.10. The number of carbonyl (C=O) groups is 2. The number of carbonyl (C=O) groups excluding carboxylic acids is 1. The van der Waals surface area contributed by atoms with Crippen LogP contribution < -0.4 is 10.1 Å². The van der Waals surface area contributed by atoms with E-state index in [4.69, 9.17) is 9.84 Å². The van der Waals surface area contributed by atoms with Crippen molar-refractivity contribution in [3.05, 3.63) is 41.2 Å². The van der Waals surface area contributed by atoms with E-state index in [1.54, 1.807) is 24.3 Å². The minimum absolute atomic E-state index is 0.145. The Labute approximate surface area is 156 Å². The molecule has 0 aliphatic heterocycles. The molecule has 2 N–H and O–H groups in total. The van der Waals surface area contributed by atoms with Gasteiger partial charge in [0.1, 0.15) is 5.75 Å². The van der Waals surface area contributed by atoms with Crippen molar-refractivity contribution >= 4 is 29.3 Å². The normalized spacial score (nSPS) is 10.4. The molecule has 0 spiro atoms. The number of carboxylic acid groups (broad SMARTS) is 1. The third-order valence-electron chi connectivity index (χ3n) is 3.66. The van der Waals surface area contributed by atoms with Gasteiger partial charge >= 0.3 is 5.97 Å². The summed E-state index contributed by atoms with van der Waals surface area (Å²) in [6.07, 6.45) is 2.77. The van der Waals surface area contributed by atoms with Crippen molar-refractivity contribution in [2.75, 3.05) is 18.2 Å². The zero-order valence-corrected chi connectivity index (χ0v) is 15.7. The Bertz CT molecular complexity index is 788. The number of thioether (sulfide) groups is 1. The van der Waals surface area contributed by atoms with E-state index < -0.39 is 12.6 Å². The van der Waals surface area contributed by atoms with E-state index >= 15 is 0 Å². The number of benzene rings is 1. The van der Waals surface area contributed by atoms with Crippen LogP contribution in [0.2, 0.25) is 0 Å². The molecule has 1 aromatic carbocycles. The van der Waals surface area contributed by atoms with Crippen LogP contribution in [0.15, 0.2) is 29.4 Å². The van der Waals surface area contributed by atoms with Gasteiger partial charge in [0.25, 0.3) is 0 Å². The number of nitrogens with zero attached hydrogens (tertiary/aromatic N) is 2. The van der Waals surface area contributed by atoms with Gasteiger partial charge in [-0.2, -0.15) is 0 Å². The quantitative estimate of drug-likeness (QED) is 0.540. The molecule has 1 heterocycles. The fraction of sp³-hybridized carbons (Fsp3) is 0.333. The first-order valence-corrected chi connectivity index (χ1v) is 9.24. The summed E-state index contributed by atoms with van der Waals surface area (Å²) in [4.78, 5) is 31.6. The summed E-state index contributed by atoms with van der Waals surface area (Å²) in [7, 11) is 0. The van der Waals surface area contributed by atoms with Gasteiger partial charge in [-0.25, -0.2) is 14.8 Å². The summed E-state index contributed by atoms with van der Waals surface area (Å²) in [5.41, 5.74) is 3.31. The van der Waals surface area contributed by atoms with E-state index in [9.17, 15) is 9.59 Å². The van der Waals surface area contributed by atoms with Crippen molar-refractivity contribution in [2.45, 2.75) is 31.8 Å². The highest BCUT2D eigenvalue weighted by atomic mass is 32.2. The summed E-state index contributed by atoms with van der Waals surface area (Å²) in [6.45, 7) is 3.41. The number of nitrogens with one attached hydrogen (secondary N) is 1. The topological polar surface area (TPSA) is 101 Å². The number of aromatic nitrogens is 2. The summed E-state index contributed by atoms with van der Waals surface area (Å²) in [5, 5.41) is 12.2. The molecule has 26 heavy (non-hydrogen) atoms. The van der Waals surface area contributed by atoms with Gasteiger partial charge in [-0.1, -0.05) is 17.8 Å². The number of hydrogen-bond acceptors (Lipinski definition) is 6. The van der Waals surface area contributed by atoms with Crippen molar-refractivity contribution in [1.29, 1.82) is 0 Å². The van der Waals surface area contributed by atoms with Crippen LogP contribution in [0.1, 0.15) is 23.4 Å². The third-order valence-corrected chi connectivity index (χ3v) is 4.21. The number of aryl methyl sites for hydroxylation is 2. The molecule has 138 valence electrons. The molecule has 0 aliphatic rings. The number of ether oxygens (including phenoxy) is 1. The van der Waals surface area contributed by atoms with Crippen LogP contribution in [0.5, 0.6) is 5.75 Å². The highest BCUT2D eigenvalue weighted by Gasteiger charge is 2.11. The Hall–Kier alpha value is -2.61. The SMILES string of the molecule is CSc1nc(C)c(CCC(=O)Nc2cccc(OCC(=O)O)c2)c(C)n1. The summed E-state index contributed by atoms with van der Waals surface area (Å²) in [6, 6.07) is 6.64. The minimum atomic E-state index is -1.06. The Morgan fingerprint density at radius 2 is 1.92 bits per heavy atom. The van der Waals surface area contributed by atoms with Gasteiger partial charge in [0.2, 0.25) is 5.91 Å². The van der Waals surface area contributed by atoms with E-state index in [-0.39, 0.29) is 5.91 Å². The lowest BCUT2D eigenvalue weighted by atomic mass is 10.1. The van der Waals surface area contributed by atoms with E-state index in [0.717, 1.165) is 22.1 Å². The van der Waals surface area contributed by atoms with E-state index in [1.165, 1.54) is 11.8 Å². The number of carboxylic acids is 1. The molecule has 0 atom stereocenters. The highest BCUT2D eigenvalue weighted by Crippen LogP contribution is 2.19. The third kappa shape index (κ3) is 5.73. The Morgan fingerprint density at radius 1 is 1.23 bits per heavy atom. The lowest BCUT2D eigenvalue weighted by Gasteiger charge is -2.11. The first-order chi connectivity index (χ1) is 12.4. The molecule has 1 amide bonds. The zero-order chi connectivity index (χ0) is 19.1. The predicted molar refractivity (Wildman–Crippen MR) is 99.8 cm³/mol. The van der Waals surface area contributed by atoms with Crippen LogP contribution in [0.4, 0.5) is 5.69 Å². The fourth-order valence-electron chi connectivity index (χ4n) is 2.43. The van der Waals surface area contributed by atoms with Crippen molar-refractivity contribution in [3.63, 3.8) is 0 Å². The minimum Gasteiger partial charge on any atom is -0.482 e. The van der Waals surface area contributed by atoms with Crippen molar-refractivity contribution in [2.24, 2.45) is 0 Å². The molecular formula is C18H21N3O4S. The molecule has 0 bridgehead atoms. The lowest BCUT2D eigenvalue weighted by molar-refractivity contribution is -0.139. The average molecular weight is 375 g/mol. The number of aliphatic carboxylic acids is 1. The lowest BCUT2D eigenvalue weighted by Crippen LogP contribution is -2.14. The molecule has 7 nitrogen and oxygen atoms in total. The molecule has 0 fully saturated rings. The smallest absolute Gasteiger partial charge is 0.341 e. The first kappa shape index (κ1) is 19.7. The van der Waals surface area contributed by atoms with Gasteiger partial charge in [0.15, 0.2) is 11.8 Å². The van der Waals surface area contributed by atoms with Gasteiger partial charge in [-0.3, -0.25) is 4.79 Å². The van der Waals surface area contributed by atoms with Crippen LogP contribution in [0.25, 0.3) is 0 Å². The molecule has 2 aromatic rings. The van der Waals surface area contributed by atoms with Crippen molar-refractivity contribution in [3.8, 4) is 5.75 Å². The summed E-state index contributed by atoms with van der Waals surface area (Å²) >= 11 is 1.49. The van der Waals surface area contributed by atoms with Gasteiger partial charge < -0.3 is 15.2 Å². The maximum absolute atomic E-state index is 12.2. The molecule has 0 radical (unpaired) electrons. The van der Waals surface area contributed by atoms with Crippen molar-refractivity contribution < 1.29 is 19.4 Å². The molecular weight excluding hydrogens is 354 g/mol. The molecule has 0 saturated heterocycles. The summed E-state index contributed by atoms with van der Waals surface area (Å²) in [5.74, 6) is -0.814. The Kier molecular flexibility index (Phi) is 6.97. The average Bonchev–Trinajstić information content (AvgIpc) is 2.59. The van der Waals surface area contributed by atoms with Gasteiger partial charge in [-0.05, 0) is 44.2 Å². The first-order valence-electron chi connectivity index (χ1n) is 8.01. The van der Waals surface area contributed by atoms with Gasteiger partial charge in [0, 0.05) is 29.6 Å². The zero-order valence-electron chi connectivity index (χ0n) is 14.9. The van der Waals surface area contributed by atoms with E-state index in [2.05, 4.69) is 15.3 Å². The highest BCUT2D eigenvalue weighted by molar-refractivity contribution is 7.98. The van der Waals surface area contributed by atoms with Gasteiger partial charge in [0.05, 0.1) is 0 Å². The molecule has 2 rings (SSSR count). The number of hydrogen-bond donors (Lipinski definition) is 2. The van der Waals surface area contributed by atoms with Crippen LogP contribution in [-0.2, 0) is 16.0 Å². The molecule has 8 heteroatoms. The van der Waals surface area contributed by atoms with E-state index in [0.29, 0.717) is 24.3 Å². The number of anilines is 1. The maximum Gasteiger partial charge on any atom is 0.341 e. The Balaban J connectivity index is 1.95. The second kappa shape index (κ2) is 9.19. The van der Waals surface area contributed by atoms with Crippen LogP contribution in [-0.4, -0.2) is 39.8 Å². The standard InChI is InChI=1S/C18H21N3O4S/c1-11-15(12(2)20-18(19-11)26-3)7-8-16(22)21-13-5-4-6-14(9-13)25-10-17(23)24/h4-6,9H,7-8,10H2,1-3H3,(H,21,22)(H,23,24). The Morgan fingerprint density at radius 3 is 2.54 bits per heavy atom. The van der Waals surface area contributed by atoms with Crippen LogP contribution in [0, 0.1) is 13.8 Å². The van der Waals surface area contributed by atoms with Crippen LogP contribution >= 0.6 is 11.8 Å². The number of amides is 1. The predicted octanol–water partition coefficient (Wildman–Crippen LogP) is 2.85. The second-order valence-electron chi connectivity index (χ2n) is 5.62. The van der Waals surface area contributed by atoms with Gasteiger partial charge in [-0.15, -0.1) is 0 Å². The van der Waals surface area contributed by atoms with Crippen LogP contribution in [0.3, 0.4) is 0 Å². The molecule has 0 aliphatic carbocycles.